The van der Waals surface area contributed by atoms with Crippen molar-refractivity contribution in [3.63, 3.8) is 0 Å². The first-order chi connectivity index (χ1) is 11.4. The first-order valence-electron chi connectivity index (χ1n) is 8.14. The lowest BCUT2D eigenvalue weighted by molar-refractivity contribution is -0.141. The Balaban J connectivity index is 2.65. The molecule has 6 nitrogen and oxygen atoms in total. The van der Waals surface area contributed by atoms with E-state index in [1.165, 1.54) is 0 Å². The van der Waals surface area contributed by atoms with Crippen LogP contribution in [0.4, 0.5) is 0 Å². The van der Waals surface area contributed by atoms with E-state index in [9.17, 15) is 9.59 Å². The molecule has 2 N–H and O–H groups in total. The number of nitrogens with one attached hydrogen (secondary N) is 2. The molecule has 0 aliphatic carbocycles. The molecule has 1 rings (SSSR count). The Morgan fingerprint density at radius 2 is 1.67 bits per heavy atom. The summed E-state index contributed by atoms with van der Waals surface area (Å²) in [6, 6.07) is 5.42. The van der Waals surface area contributed by atoms with Gasteiger partial charge < -0.3 is 20.1 Å². The van der Waals surface area contributed by atoms with Crippen LogP contribution in [0.15, 0.2) is 18.2 Å². The number of benzene rings is 1. The third kappa shape index (κ3) is 5.15. The molecule has 2 amide bonds. The van der Waals surface area contributed by atoms with E-state index in [2.05, 4.69) is 10.6 Å². The van der Waals surface area contributed by atoms with E-state index >= 15 is 0 Å². The van der Waals surface area contributed by atoms with Gasteiger partial charge >= 0.3 is 0 Å². The largest absolute Gasteiger partial charge is 0.493 e. The van der Waals surface area contributed by atoms with Gasteiger partial charge in [0.25, 0.3) is 0 Å². The van der Waals surface area contributed by atoms with Crippen LogP contribution in [-0.4, -0.2) is 32.6 Å². The predicted molar refractivity (Wildman–Crippen MR) is 93.1 cm³/mol. The van der Waals surface area contributed by atoms with Gasteiger partial charge in [0.05, 0.1) is 14.2 Å². The summed E-state index contributed by atoms with van der Waals surface area (Å²) in [6.45, 7) is 6.19. The Bertz CT molecular complexity index is 570. The molecule has 0 saturated carbocycles. The number of rotatable bonds is 9. The number of amides is 2. The van der Waals surface area contributed by atoms with Crippen LogP contribution in [0.1, 0.15) is 39.2 Å². The van der Waals surface area contributed by atoms with Crippen molar-refractivity contribution in [3.05, 3.63) is 23.8 Å². The molecule has 0 atom stereocenters. The fourth-order valence-corrected chi connectivity index (χ4v) is 2.10. The summed E-state index contributed by atoms with van der Waals surface area (Å²) in [5.41, 5.74) is -0.257. The summed E-state index contributed by atoms with van der Waals surface area (Å²) in [6.07, 6.45) is 1.89. The second-order valence-electron chi connectivity index (χ2n) is 6.11. The van der Waals surface area contributed by atoms with Crippen LogP contribution in [0.3, 0.4) is 0 Å². The number of hydrogen-bond donors (Lipinski definition) is 2. The summed E-state index contributed by atoms with van der Waals surface area (Å²) in [5.74, 6) is 0.649. The van der Waals surface area contributed by atoms with Gasteiger partial charge in [-0.1, -0.05) is 19.4 Å². The van der Waals surface area contributed by atoms with Crippen LogP contribution in [0.2, 0.25) is 0 Å². The summed E-state index contributed by atoms with van der Waals surface area (Å²) < 4.78 is 10.4. The number of carbonyl (C=O) groups excluding carboxylic acids is 2. The molecule has 1 aromatic carbocycles. The molecular weight excluding hydrogens is 308 g/mol. The standard InChI is InChI=1S/C18H28N2O4/c1-6-7-10-19-16(21)18(2,3)17(22)20-12-13-8-9-14(23-4)15(11-13)24-5/h8-9,11H,6-7,10,12H2,1-5H3,(H,19,21)(H,20,22). The van der Waals surface area contributed by atoms with Gasteiger partial charge in [-0.15, -0.1) is 0 Å². The van der Waals surface area contributed by atoms with Crippen LogP contribution >= 0.6 is 0 Å². The second kappa shape index (κ2) is 9.15. The Labute approximate surface area is 143 Å². The van der Waals surface area contributed by atoms with Gasteiger partial charge in [-0.05, 0) is 38.0 Å². The highest BCUT2D eigenvalue weighted by Crippen LogP contribution is 2.27. The molecule has 134 valence electrons. The molecule has 0 saturated heterocycles. The Morgan fingerprint density at radius 3 is 2.25 bits per heavy atom. The smallest absolute Gasteiger partial charge is 0.235 e. The van der Waals surface area contributed by atoms with Crippen LogP contribution in [0, 0.1) is 5.41 Å². The molecule has 0 bridgehead atoms. The van der Waals surface area contributed by atoms with E-state index in [0.29, 0.717) is 24.6 Å². The highest BCUT2D eigenvalue weighted by Gasteiger charge is 2.35. The fraction of sp³-hybridized carbons (Fsp3) is 0.556. The zero-order valence-corrected chi connectivity index (χ0v) is 15.2. The lowest BCUT2D eigenvalue weighted by atomic mass is 9.91. The highest BCUT2D eigenvalue weighted by molar-refractivity contribution is 6.04. The molecule has 0 heterocycles. The number of unbranched alkanes of at least 4 members (excludes halogenated alkanes) is 1. The molecule has 0 radical (unpaired) electrons. The van der Waals surface area contributed by atoms with Gasteiger partial charge in [0, 0.05) is 13.1 Å². The van der Waals surface area contributed by atoms with Crippen molar-refractivity contribution in [2.45, 2.75) is 40.2 Å². The maximum atomic E-state index is 12.4. The number of carbonyl (C=O) groups is 2. The minimum atomic E-state index is -1.12. The van der Waals surface area contributed by atoms with Gasteiger partial charge in [-0.3, -0.25) is 9.59 Å². The third-order valence-corrected chi connectivity index (χ3v) is 3.85. The van der Waals surface area contributed by atoms with Gasteiger partial charge in [-0.25, -0.2) is 0 Å². The van der Waals surface area contributed by atoms with Crippen LogP contribution in [-0.2, 0) is 16.1 Å². The molecule has 24 heavy (non-hydrogen) atoms. The van der Waals surface area contributed by atoms with Gasteiger partial charge in [0.15, 0.2) is 11.5 Å². The number of hydrogen-bond acceptors (Lipinski definition) is 4. The van der Waals surface area contributed by atoms with Crippen LogP contribution < -0.4 is 20.1 Å². The van der Waals surface area contributed by atoms with Gasteiger partial charge in [-0.2, -0.15) is 0 Å². The van der Waals surface area contributed by atoms with Crippen molar-refractivity contribution in [1.82, 2.24) is 10.6 Å². The second-order valence-corrected chi connectivity index (χ2v) is 6.11. The van der Waals surface area contributed by atoms with E-state index in [1.807, 2.05) is 13.0 Å². The zero-order valence-electron chi connectivity index (χ0n) is 15.2. The SMILES string of the molecule is CCCCNC(=O)C(C)(C)C(=O)NCc1ccc(OC)c(OC)c1. The molecule has 6 heteroatoms. The van der Waals surface area contributed by atoms with Crippen molar-refractivity contribution in [2.24, 2.45) is 5.41 Å². The van der Waals surface area contributed by atoms with E-state index in [1.54, 1.807) is 40.2 Å². The van der Waals surface area contributed by atoms with Crippen molar-refractivity contribution < 1.29 is 19.1 Å². The average molecular weight is 336 g/mol. The van der Waals surface area contributed by atoms with Crippen molar-refractivity contribution in [3.8, 4) is 11.5 Å². The van der Waals surface area contributed by atoms with Crippen molar-refractivity contribution >= 4 is 11.8 Å². The van der Waals surface area contributed by atoms with E-state index in [-0.39, 0.29) is 11.8 Å². The number of methoxy groups -OCH3 is 2. The maximum Gasteiger partial charge on any atom is 0.235 e. The van der Waals surface area contributed by atoms with Crippen molar-refractivity contribution in [1.29, 1.82) is 0 Å². The first-order valence-corrected chi connectivity index (χ1v) is 8.14. The minimum Gasteiger partial charge on any atom is -0.493 e. The predicted octanol–water partition coefficient (Wildman–Crippen LogP) is 2.26. The van der Waals surface area contributed by atoms with Gasteiger partial charge in [0.2, 0.25) is 11.8 Å². The van der Waals surface area contributed by atoms with E-state index < -0.39 is 5.41 Å². The third-order valence-electron chi connectivity index (χ3n) is 3.85. The normalized spacial score (nSPS) is 10.9. The molecule has 1 aromatic rings. The van der Waals surface area contributed by atoms with Crippen molar-refractivity contribution in [2.75, 3.05) is 20.8 Å². The minimum absolute atomic E-state index is 0.263. The zero-order chi connectivity index (χ0) is 18.2. The fourth-order valence-electron chi connectivity index (χ4n) is 2.10. The summed E-state index contributed by atoms with van der Waals surface area (Å²) in [7, 11) is 3.13. The van der Waals surface area contributed by atoms with Crippen LogP contribution in [0.25, 0.3) is 0 Å². The molecule has 0 spiro atoms. The highest BCUT2D eigenvalue weighted by atomic mass is 16.5. The monoisotopic (exact) mass is 336 g/mol. The van der Waals surface area contributed by atoms with E-state index in [4.69, 9.17) is 9.47 Å². The topological polar surface area (TPSA) is 76.7 Å². The first kappa shape index (κ1) is 19.8. The lowest BCUT2D eigenvalue weighted by Crippen LogP contribution is -2.47. The molecule has 0 aliphatic rings. The average Bonchev–Trinajstić information content (AvgIpc) is 2.59. The molecule has 0 aromatic heterocycles. The maximum absolute atomic E-state index is 12.4. The van der Waals surface area contributed by atoms with E-state index in [0.717, 1.165) is 18.4 Å². The quantitative estimate of drug-likeness (QED) is 0.536. The van der Waals surface area contributed by atoms with Gasteiger partial charge in [0.1, 0.15) is 5.41 Å². The summed E-state index contributed by atoms with van der Waals surface area (Å²) in [4.78, 5) is 24.5. The molecular formula is C18H28N2O4. The summed E-state index contributed by atoms with van der Waals surface area (Å²) >= 11 is 0. The molecule has 0 aliphatic heterocycles. The van der Waals surface area contributed by atoms with Crippen LogP contribution in [0.5, 0.6) is 11.5 Å². The summed E-state index contributed by atoms with van der Waals surface area (Å²) in [5, 5.41) is 5.60. The lowest BCUT2D eigenvalue weighted by Gasteiger charge is -2.23. The number of ether oxygens (including phenoxy) is 2. The Morgan fingerprint density at radius 1 is 1.04 bits per heavy atom. The Hall–Kier alpha value is -2.24. The molecule has 0 fully saturated rings. The Kier molecular flexibility index (Phi) is 7.55. The molecule has 0 unspecified atom stereocenters.